The Morgan fingerprint density at radius 2 is 1.38 bits per heavy atom. The van der Waals surface area contributed by atoms with Crippen LogP contribution in [0.3, 0.4) is 0 Å². The normalized spacial score (nSPS) is 48.8. The molecule has 3 rings (SSSR count). The van der Waals surface area contributed by atoms with E-state index in [1.807, 2.05) is 13.8 Å². The number of rotatable bonds is 9. The molecule has 37 heavy (non-hydrogen) atoms. The minimum absolute atomic E-state index is 0.282. The fourth-order valence-corrected chi connectivity index (χ4v) is 5.12. The van der Waals surface area contributed by atoms with Gasteiger partial charge in [0.1, 0.15) is 48.8 Å². The Morgan fingerprint density at radius 1 is 0.811 bits per heavy atom. The second-order valence-electron chi connectivity index (χ2n) is 11.1. The van der Waals surface area contributed by atoms with Crippen LogP contribution in [0.5, 0.6) is 0 Å². The summed E-state index contributed by atoms with van der Waals surface area (Å²) in [6.45, 7) is 7.63. The molecule has 0 aromatic carbocycles. The molecule has 0 radical (unpaired) electrons. The molecular weight excluding hydrogens is 492 g/mol. The van der Waals surface area contributed by atoms with E-state index in [4.69, 9.17) is 36.1 Å². The average molecular weight is 539 g/mol. The highest BCUT2D eigenvalue weighted by atomic mass is 16.7. The Balaban J connectivity index is 1.84. The first-order chi connectivity index (χ1) is 17.2. The maximum absolute atomic E-state index is 11.3. The lowest BCUT2D eigenvalue weighted by Crippen LogP contribution is -2.69. The Morgan fingerprint density at radius 3 is 1.92 bits per heavy atom. The molecule has 2 aliphatic heterocycles. The predicted molar refractivity (Wildman–Crippen MR) is 130 cm³/mol. The average Bonchev–Trinajstić information content (AvgIpc) is 3.10. The van der Waals surface area contributed by atoms with Crippen molar-refractivity contribution in [2.45, 2.75) is 132 Å². The van der Waals surface area contributed by atoms with Gasteiger partial charge in [-0.25, -0.2) is 0 Å². The van der Waals surface area contributed by atoms with Crippen molar-refractivity contribution >= 4 is 0 Å². The van der Waals surface area contributed by atoms with Crippen LogP contribution in [-0.4, -0.2) is 135 Å². The Bertz CT molecular complexity index is 721. The van der Waals surface area contributed by atoms with Crippen molar-refractivity contribution in [1.82, 2.24) is 5.32 Å². The van der Waals surface area contributed by atoms with Crippen molar-refractivity contribution in [2.75, 3.05) is 6.54 Å². The summed E-state index contributed by atoms with van der Waals surface area (Å²) in [6.07, 6.45) is -14.7. The highest BCUT2D eigenvalue weighted by molar-refractivity contribution is 5.03. The van der Waals surface area contributed by atoms with Gasteiger partial charge in [0.05, 0.1) is 18.2 Å². The van der Waals surface area contributed by atoms with E-state index in [9.17, 15) is 30.6 Å². The largest absolute Gasteiger partial charge is 0.391 e. The molecule has 14 heteroatoms. The van der Waals surface area contributed by atoms with Gasteiger partial charge in [-0.3, -0.25) is 0 Å². The van der Waals surface area contributed by atoms with E-state index in [0.717, 1.165) is 0 Å². The van der Waals surface area contributed by atoms with E-state index in [0.29, 0.717) is 6.54 Å². The summed E-state index contributed by atoms with van der Waals surface area (Å²) >= 11 is 0. The standard InChI is InChI=1S/C23H46N4O10/c1-7(2)6-27-11-5-10(25)20(36-22-12(26)14(30)15(31)19(35-22)9(4)28)21(13(11)29)37-23-17(33)16(32)18(34-23)8(3)24/h7-23,27-33H,5-6,24-26H2,1-4H3/t8-,9+,10?,11+,12?,13?,14?,15-,16?,17?,18+,19?,20+,21?,22+,23-/m0/s1. The van der Waals surface area contributed by atoms with Gasteiger partial charge in [-0.05, 0) is 32.7 Å². The zero-order valence-electron chi connectivity index (χ0n) is 21.8. The lowest BCUT2D eigenvalue weighted by molar-refractivity contribution is -0.316. The Hall–Kier alpha value is -0.560. The molecule has 13 N–H and O–H groups in total. The lowest BCUT2D eigenvalue weighted by Gasteiger charge is -2.48. The fourth-order valence-electron chi connectivity index (χ4n) is 5.12. The van der Waals surface area contributed by atoms with E-state index >= 15 is 0 Å². The van der Waals surface area contributed by atoms with Gasteiger partial charge in [-0.1, -0.05) is 13.8 Å². The zero-order chi connectivity index (χ0) is 27.8. The number of aliphatic hydroxyl groups is 6. The van der Waals surface area contributed by atoms with Crippen LogP contribution in [-0.2, 0) is 18.9 Å². The van der Waals surface area contributed by atoms with E-state index in [1.54, 1.807) is 6.92 Å². The first-order valence-electron chi connectivity index (χ1n) is 12.9. The van der Waals surface area contributed by atoms with Crippen molar-refractivity contribution in [3.05, 3.63) is 0 Å². The molecule has 1 aliphatic carbocycles. The van der Waals surface area contributed by atoms with Crippen molar-refractivity contribution in [3.8, 4) is 0 Å². The molecule has 16 atom stereocenters. The fraction of sp³-hybridized carbons (Fsp3) is 1.00. The van der Waals surface area contributed by atoms with Gasteiger partial charge in [-0.2, -0.15) is 0 Å². The topological polar surface area (TPSA) is 248 Å². The van der Waals surface area contributed by atoms with Crippen molar-refractivity contribution in [1.29, 1.82) is 0 Å². The summed E-state index contributed by atoms with van der Waals surface area (Å²) in [4.78, 5) is 0. The number of nitrogens with one attached hydrogen (secondary N) is 1. The van der Waals surface area contributed by atoms with Crippen LogP contribution in [0.4, 0.5) is 0 Å². The van der Waals surface area contributed by atoms with Gasteiger partial charge < -0.3 is 72.1 Å². The summed E-state index contributed by atoms with van der Waals surface area (Å²) < 4.78 is 23.4. The van der Waals surface area contributed by atoms with Crippen molar-refractivity contribution in [2.24, 2.45) is 23.1 Å². The first kappa shape index (κ1) is 31.0. The molecule has 2 saturated heterocycles. The number of hydrogen-bond acceptors (Lipinski definition) is 14. The smallest absolute Gasteiger partial charge is 0.187 e. The monoisotopic (exact) mass is 538 g/mol. The van der Waals surface area contributed by atoms with Crippen LogP contribution in [0.1, 0.15) is 34.1 Å². The second-order valence-corrected chi connectivity index (χ2v) is 11.1. The molecule has 3 aliphatic rings. The minimum Gasteiger partial charge on any atom is -0.391 e. The maximum atomic E-state index is 11.3. The van der Waals surface area contributed by atoms with Gasteiger partial charge in [0.15, 0.2) is 12.6 Å². The van der Waals surface area contributed by atoms with Crippen LogP contribution >= 0.6 is 0 Å². The van der Waals surface area contributed by atoms with Crippen molar-refractivity contribution in [3.63, 3.8) is 0 Å². The van der Waals surface area contributed by atoms with E-state index in [1.165, 1.54) is 6.92 Å². The molecule has 3 fully saturated rings. The second kappa shape index (κ2) is 12.7. The van der Waals surface area contributed by atoms with Gasteiger partial charge in [0.25, 0.3) is 0 Å². The van der Waals surface area contributed by atoms with Crippen LogP contribution in [0.25, 0.3) is 0 Å². The van der Waals surface area contributed by atoms with E-state index < -0.39 is 97.8 Å². The summed E-state index contributed by atoms with van der Waals surface area (Å²) in [5.41, 5.74) is 18.4. The number of nitrogens with two attached hydrogens (primary N) is 3. The molecule has 14 nitrogen and oxygen atoms in total. The summed E-state index contributed by atoms with van der Waals surface area (Å²) in [5, 5.41) is 66.2. The van der Waals surface area contributed by atoms with Crippen LogP contribution in [0.15, 0.2) is 0 Å². The summed E-state index contributed by atoms with van der Waals surface area (Å²) in [5.74, 6) is 0.289. The summed E-state index contributed by atoms with van der Waals surface area (Å²) in [7, 11) is 0. The summed E-state index contributed by atoms with van der Waals surface area (Å²) in [6, 6.07) is -3.03. The SMILES string of the molecule is CC(C)CN[C@@H]1CC(N)[C@@H](O[C@H]2OC([C@@H](C)O)[C@@H](O)C(O)C2N)C(O[C@@H]2O[C@H]([C@H](C)N)C(O)C2O)C1O. The molecule has 0 bridgehead atoms. The Kier molecular flexibility index (Phi) is 10.7. The molecule has 1 saturated carbocycles. The van der Waals surface area contributed by atoms with Crippen LogP contribution in [0.2, 0.25) is 0 Å². The highest BCUT2D eigenvalue weighted by Crippen LogP contribution is 2.33. The molecular formula is C23H46N4O10. The van der Waals surface area contributed by atoms with E-state index in [2.05, 4.69) is 5.32 Å². The van der Waals surface area contributed by atoms with Crippen LogP contribution in [0, 0.1) is 5.92 Å². The molecule has 8 unspecified atom stereocenters. The third-order valence-corrected chi connectivity index (χ3v) is 7.33. The molecule has 218 valence electrons. The van der Waals surface area contributed by atoms with E-state index in [-0.39, 0.29) is 12.3 Å². The van der Waals surface area contributed by atoms with Crippen LogP contribution < -0.4 is 22.5 Å². The number of ether oxygens (including phenoxy) is 4. The number of hydrogen-bond donors (Lipinski definition) is 10. The molecule has 0 aromatic heterocycles. The van der Waals surface area contributed by atoms with Gasteiger partial charge >= 0.3 is 0 Å². The van der Waals surface area contributed by atoms with Gasteiger partial charge in [0, 0.05) is 18.1 Å². The molecule has 2 heterocycles. The molecule has 0 amide bonds. The Labute approximate surface area is 217 Å². The van der Waals surface area contributed by atoms with Crippen molar-refractivity contribution < 1.29 is 49.6 Å². The first-order valence-corrected chi connectivity index (χ1v) is 12.9. The quantitative estimate of drug-likeness (QED) is 0.133. The van der Waals surface area contributed by atoms with Gasteiger partial charge in [0.2, 0.25) is 0 Å². The minimum atomic E-state index is -1.47. The lowest BCUT2D eigenvalue weighted by atomic mass is 9.83. The predicted octanol–water partition coefficient (Wildman–Crippen LogP) is -4.59. The maximum Gasteiger partial charge on any atom is 0.187 e. The molecule has 0 spiro atoms. The third-order valence-electron chi connectivity index (χ3n) is 7.33. The van der Waals surface area contributed by atoms with Gasteiger partial charge in [-0.15, -0.1) is 0 Å². The molecule has 0 aromatic rings. The zero-order valence-corrected chi connectivity index (χ0v) is 21.8. The number of aliphatic hydroxyl groups excluding tert-OH is 6. The highest BCUT2D eigenvalue weighted by Gasteiger charge is 2.53. The third kappa shape index (κ3) is 6.78.